The Bertz CT molecular complexity index is 807. The van der Waals surface area contributed by atoms with E-state index < -0.39 is 0 Å². The maximum absolute atomic E-state index is 13.0. The highest BCUT2D eigenvalue weighted by Gasteiger charge is 2.32. The van der Waals surface area contributed by atoms with Crippen LogP contribution in [0.4, 0.5) is 0 Å². The van der Waals surface area contributed by atoms with Gasteiger partial charge in [0.05, 0.1) is 17.9 Å². The zero-order valence-electron chi connectivity index (χ0n) is 15.6. The minimum Gasteiger partial charge on any atom is -0.462 e. The van der Waals surface area contributed by atoms with Crippen LogP contribution in [-0.4, -0.2) is 22.8 Å². The molecule has 28 heavy (non-hydrogen) atoms. The van der Waals surface area contributed by atoms with Gasteiger partial charge < -0.3 is 4.74 Å². The van der Waals surface area contributed by atoms with E-state index >= 15 is 0 Å². The molecular weight excluding hydrogens is 348 g/mol. The molecule has 10 radical (unpaired) electrons. The smallest absolute Gasteiger partial charge is 0.340 e. The summed E-state index contributed by atoms with van der Waals surface area (Å²) in [6.45, 7) is 2.11. The van der Waals surface area contributed by atoms with Gasteiger partial charge in [-0.15, -0.1) is 5.10 Å². The van der Waals surface area contributed by atoms with Gasteiger partial charge in [-0.1, -0.05) is 30.3 Å². The first-order chi connectivity index (χ1) is 13.8. The van der Waals surface area contributed by atoms with Crippen molar-refractivity contribution >= 4 is 5.97 Å². The predicted octanol–water partition coefficient (Wildman–Crippen LogP) is 4.02. The fourth-order valence-electron chi connectivity index (χ4n) is 3.36. The van der Waals surface area contributed by atoms with Crippen molar-refractivity contribution in [1.29, 1.82) is 0 Å². The van der Waals surface area contributed by atoms with E-state index in [0.29, 0.717) is 30.0 Å². The first-order valence-corrected chi connectivity index (χ1v) is 9.32. The zero-order valence-corrected chi connectivity index (χ0v) is 15.6. The molecule has 4 nitrogen and oxygen atoms in total. The van der Waals surface area contributed by atoms with Crippen LogP contribution in [0.2, 0.25) is 0 Å². The lowest BCUT2D eigenvalue weighted by Gasteiger charge is -2.20. The maximum atomic E-state index is 13.0. The molecule has 1 aromatic heterocycles. The fourth-order valence-corrected chi connectivity index (χ4v) is 3.36. The van der Waals surface area contributed by atoms with Crippen molar-refractivity contribution in [2.24, 2.45) is 0 Å². The highest BCUT2D eigenvalue weighted by Crippen LogP contribution is 2.38. The van der Waals surface area contributed by atoms with Crippen molar-refractivity contribution in [2.45, 2.75) is 13.3 Å². The molecule has 0 spiro atoms. The van der Waals surface area contributed by atoms with E-state index in [1.807, 2.05) is 88.6 Å². The van der Waals surface area contributed by atoms with Gasteiger partial charge in [-0.2, -0.15) is 5.10 Å². The van der Waals surface area contributed by atoms with Gasteiger partial charge in [-0.05, 0) is 76.2 Å². The minimum absolute atomic E-state index is 0.302. The molecule has 0 saturated heterocycles. The Morgan fingerprint density at radius 2 is 1.54 bits per heavy atom. The number of nitrogens with zero attached hydrogens (tertiary/aromatic N) is 2. The Hall–Kier alpha value is -2.23. The van der Waals surface area contributed by atoms with Gasteiger partial charge in [0, 0.05) is 11.5 Å². The van der Waals surface area contributed by atoms with E-state index in [4.69, 9.17) is 4.74 Å². The number of aromatic nitrogens is 2. The molecule has 1 aromatic carbocycles. The largest absolute Gasteiger partial charge is 0.462 e. The first kappa shape index (κ1) is 19.1. The topological polar surface area (TPSA) is 52.1 Å². The highest BCUT2D eigenvalue weighted by atomic mass is 16.5. The van der Waals surface area contributed by atoms with E-state index in [2.05, 4.69) is 10.2 Å². The average Bonchev–Trinajstić information content (AvgIpc) is 3.43. The van der Waals surface area contributed by atoms with Crippen molar-refractivity contribution in [3.05, 3.63) is 110 Å². The van der Waals surface area contributed by atoms with E-state index in [9.17, 15) is 4.79 Å². The summed E-state index contributed by atoms with van der Waals surface area (Å²) >= 11 is 0. The number of ether oxygens (including phenoxy) is 1. The molecular formula is C24H20N2O2. The van der Waals surface area contributed by atoms with E-state index in [1.54, 1.807) is 0 Å². The van der Waals surface area contributed by atoms with Crippen LogP contribution in [0.15, 0.2) is 30.3 Å². The van der Waals surface area contributed by atoms with Gasteiger partial charge in [-0.3, -0.25) is 0 Å². The van der Waals surface area contributed by atoms with E-state index in [0.717, 1.165) is 23.0 Å². The fraction of sp³-hybridized carbons (Fsp3) is 0.125. The second-order valence-electron chi connectivity index (χ2n) is 6.48. The Balaban J connectivity index is 1.86. The highest BCUT2D eigenvalue weighted by molar-refractivity contribution is 5.98. The monoisotopic (exact) mass is 368 g/mol. The molecule has 4 rings (SSSR count). The van der Waals surface area contributed by atoms with Crippen molar-refractivity contribution in [2.75, 3.05) is 6.61 Å². The molecule has 2 aromatic rings. The van der Waals surface area contributed by atoms with Gasteiger partial charge in [0.2, 0.25) is 0 Å². The summed E-state index contributed by atoms with van der Waals surface area (Å²) in [7, 11) is 0. The maximum Gasteiger partial charge on any atom is 0.340 e. The molecule has 0 unspecified atom stereocenters. The van der Waals surface area contributed by atoms with E-state index in [-0.39, 0.29) is 5.97 Å². The van der Waals surface area contributed by atoms with Crippen LogP contribution in [0, 0.1) is 63.2 Å². The molecule has 138 valence electrons. The Kier molecular flexibility index (Phi) is 6.04. The van der Waals surface area contributed by atoms with Crippen LogP contribution >= 0.6 is 0 Å². The Morgan fingerprint density at radius 3 is 2.21 bits per heavy atom. The number of hydrogen-bond donors (Lipinski definition) is 0. The number of hydrogen-bond acceptors (Lipinski definition) is 4. The van der Waals surface area contributed by atoms with Gasteiger partial charge >= 0.3 is 5.97 Å². The normalized spacial score (nSPS) is 17.9. The summed E-state index contributed by atoms with van der Waals surface area (Å²) in [5.41, 5.74) is 3.44. The molecule has 2 aliphatic rings. The van der Waals surface area contributed by atoms with Crippen LogP contribution in [0.1, 0.15) is 28.5 Å². The Labute approximate surface area is 167 Å². The van der Waals surface area contributed by atoms with Gasteiger partial charge in [-0.25, -0.2) is 4.79 Å². The van der Waals surface area contributed by atoms with Crippen molar-refractivity contribution in [3.8, 4) is 11.3 Å². The lowest BCUT2D eigenvalue weighted by atomic mass is 9.87. The molecule has 1 heterocycles. The standard InChI is InChI=1S/C24H20N2O2/c1-2-28-24(27)21-20(16-17-10-6-7-11-17)22(18-14-8-9-15-18)25-26-23(21)19-12-4-3-5-13-19/h3-15H,2,16H2,1H3. The summed E-state index contributed by atoms with van der Waals surface area (Å²) in [6.07, 6.45) is 16.5. The molecule has 2 saturated carbocycles. The SMILES string of the molecule is CCOC(=O)c1c(-c2ccccc2)nnc([C]2[CH][CH][CH][CH]2)c1C[C]1[CH][CH][CH][CH]1. The van der Waals surface area contributed by atoms with Crippen molar-refractivity contribution in [1.82, 2.24) is 10.2 Å². The lowest BCUT2D eigenvalue weighted by Crippen LogP contribution is -2.19. The number of carbonyl (C=O) groups excluding carboxylic acids is 1. The molecule has 0 atom stereocenters. The van der Waals surface area contributed by atoms with Gasteiger partial charge in [0.25, 0.3) is 0 Å². The molecule has 2 aliphatic carbocycles. The number of rotatable bonds is 6. The molecule has 2 fully saturated rings. The number of esters is 1. The van der Waals surface area contributed by atoms with Crippen molar-refractivity contribution < 1.29 is 9.53 Å². The second kappa shape index (κ2) is 8.85. The minimum atomic E-state index is -0.370. The summed E-state index contributed by atoms with van der Waals surface area (Å²) in [5.74, 6) is 1.69. The third-order valence-electron chi connectivity index (χ3n) is 4.65. The zero-order chi connectivity index (χ0) is 19.3. The third-order valence-corrected chi connectivity index (χ3v) is 4.65. The van der Waals surface area contributed by atoms with Crippen LogP contribution in [0.3, 0.4) is 0 Å². The first-order valence-electron chi connectivity index (χ1n) is 9.32. The van der Waals surface area contributed by atoms with Crippen LogP contribution in [-0.2, 0) is 11.2 Å². The molecule has 0 aliphatic heterocycles. The summed E-state index contributed by atoms with van der Waals surface area (Å²) < 4.78 is 5.42. The summed E-state index contributed by atoms with van der Waals surface area (Å²) in [5, 5.41) is 8.97. The van der Waals surface area contributed by atoms with Crippen molar-refractivity contribution in [3.63, 3.8) is 0 Å². The Morgan fingerprint density at radius 1 is 0.893 bits per heavy atom. The summed E-state index contributed by atoms with van der Waals surface area (Å²) in [4.78, 5) is 13.0. The number of carbonyl (C=O) groups is 1. The molecule has 0 N–H and O–H groups in total. The predicted molar refractivity (Wildman–Crippen MR) is 107 cm³/mol. The van der Waals surface area contributed by atoms with Gasteiger partial charge in [0.1, 0.15) is 5.69 Å². The lowest BCUT2D eigenvalue weighted by molar-refractivity contribution is 0.0525. The molecule has 0 bridgehead atoms. The number of benzene rings is 1. The second-order valence-corrected chi connectivity index (χ2v) is 6.48. The van der Waals surface area contributed by atoms with Crippen LogP contribution in [0.25, 0.3) is 11.3 Å². The molecule has 0 amide bonds. The van der Waals surface area contributed by atoms with Crippen LogP contribution < -0.4 is 0 Å². The van der Waals surface area contributed by atoms with E-state index in [1.165, 1.54) is 0 Å². The average molecular weight is 368 g/mol. The van der Waals surface area contributed by atoms with Gasteiger partial charge in [0.15, 0.2) is 0 Å². The quantitative estimate of drug-likeness (QED) is 0.723. The molecule has 4 heteroatoms. The third kappa shape index (κ3) is 3.96. The summed E-state index contributed by atoms with van der Waals surface area (Å²) in [6, 6.07) is 9.65. The van der Waals surface area contributed by atoms with Crippen LogP contribution in [0.5, 0.6) is 0 Å².